The molecule has 2 aliphatic rings. The van der Waals surface area contributed by atoms with Crippen LogP contribution in [0.25, 0.3) is 16.8 Å². The third-order valence-corrected chi connectivity index (χ3v) is 7.85. The second-order valence-electron chi connectivity index (χ2n) is 11.4. The van der Waals surface area contributed by atoms with Gasteiger partial charge in [0.15, 0.2) is 0 Å². The largest absolute Gasteiger partial charge is 0.384 e. The molecule has 5 nitrogen and oxygen atoms in total. The van der Waals surface area contributed by atoms with Crippen LogP contribution in [0.1, 0.15) is 74.9 Å². The van der Waals surface area contributed by atoms with Crippen molar-refractivity contribution < 1.29 is 5.11 Å². The minimum Gasteiger partial charge on any atom is -0.384 e. The first-order valence-electron chi connectivity index (χ1n) is 13.8. The van der Waals surface area contributed by atoms with Crippen LogP contribution in [0.3, 0.4) is 0 Å². The number of pyridine rings is 2. The number of rotatable bonds is 8. The van der Waals surface area contributed by atoms with Gasteiger partial charge in [0.2, 0.25) is 0 Å². The topological polar surface area (TPSA) is 61.3 Å². The Hall–Kier alpha value is -3.18. The van der Waals surface area contributed by atoms with Gasteiger partial charge in [0.1, 0.15) is 11.4 Å². The lowest BCUT2D eigenvalue weighted by atomic mass is 9.85. The summed E-state index contributed by atoms with van der Waals surface area (Å²) in [5.74, 6) is 1.87. The van der Waals surface area contributed by atoms with Gasteiger partial charge in [-0.15, -0.1) is 0 Å². The number of hydrogen-bond acceptors (Lipinski definition) is 5. The number of nitrogens with one attached hydrogen (secondary N) is 1. The van der Waals surface area contributed by atoms with E-state index in [1.807, 2.05) is 12.1 Å². The quantitative estimate of drug-likeness (QED) is 0.348. The molecular weight excluding hydrogens is 456 g/mol. The predicted molar refractivity (Wildman–Crippen MR) is 154 cm³/mol. The summed E-state index contributed by atoms with van der Waals surface area (Å²) >= 11 is 0. The zero-order chi connectivity index (χ0) is 26.0. The number of hydrogen-bond donors (Lipinski definition) is 2. The van der Waals surface area contributed by atoms with E-state index in [1.165, 1.54) is 60.9 Å². The van der Waals surface area contributed by atoms with Crippen LogP contribution in [0.5, 0.6) is 0 Å². The Balaban J connectivity index is 1.42. The van der Waals surface area contributed by atoms with Gasteiger partial charge < -0.3 is 15.3 Å². The van der Waals surface area contributed by atoms with Crippen molar-refractivity contribution in [1.29, 1.82) is 0 Å². The molecule has 2 N–H and O–H groups in total. The van der Waals surface area contributed by atoms with E-state index in [-0.39, 0.29) is 0 Å². The molecule has 0 radical (unpaired) electrons. The third kappa shape index (κ3) is 6.04. The zero-order valence-electron chi connectivity index (χ0n) is 22.6. The molecule has 1 saturated carbocycles. The van der Waals surface area contributed by atoms with Gasteiger partial charge in [-0.3, -0.25) is 4.98 Å². The van der Waals surface area contributed by atoms with Gasteiger partial charge in [-0.1, -0.05) is 44.7 Å². The molecule has 0 unspecified atom stereocenters. The molecule has 1 saturated heterocycles. The maximum Gasteiger partial charge on any atom is 0.129 e. The molecule has 194 valence electrons. The minimum atomic E-state index is -1.00. The third-order valence-electron chi connectivity index (χ3n) is 7.85. The van der Waals surface area contributed by atoms with Crippen molar-refractivity contribution >= 4 is 17.2 Å². The van der Waals surface area contributed by atoms with Gasteiger partial charge in [0.05, 0.1) is 5.69 Å². The Morgan fingerprint density at radius 1 is 1.05 bits per heavy atom. The standard InChI is InChI=1S/C32H40N4O/c1-22-11-12-27(34-23(2)25-13-14-33-30(19-25)32(3,4)37)21-29(22)26-18-28(17-24-9-6-5-7-10-24)35-31(20-26)36-15-8-16-36/h11-14,18-21,24,34,37H,2,5-10,15-17H2,1,3-4H3. The van der Waals surface area contributed by atoms with Crippen LogP contribution >= 0.6 is 0 Å². The highest BCUT2D eigenvalue weighted by molar-refractivity contribution is 5.80. The van der Waals surface area contributed by atoms with Crippen LogP contribution in [-0.4, -0.2) is 28.2 Å². The first-order valence-corrected chi connectivity index (χ1v) is 13.8. The summed E-state index contributed by atoms with van der Waals surface area (Å²) in [6, 6.07) is 14.9. The molecule has 0 spiro atoms. The Kier molecular flexibility index (Phi) is 7.34. The molecule has 5 rings (SSSR count). The number of benzene rings is 1. The molecule has 0 atom stereocenters. The molecule has 1 aliphatic carbocycles. The molecular formula is C32H40N4O. The molecule has 3 aromatic rings. The summed E-state index contributed by atoms with van der Waals surface area (Å²) in [5.41, 5.74) is 7.23. The summed E-state index contributed by atoms with van der Waals surface area (Å²) < 4.78 is 0. The highest BCUT2D eigenvalue weighted by atomic mass is 16.3. The smallest absolute Gasteiger partial charge is 0.129 e. The lowest BCUT2D eigenvalue weighted by Crippen LogP contribution is -2.37. The van der Waals surface area contributed by atoms with E-state index in [1.54, 1.807) is 20.0 Å². The average molecular weight is 497 g/mol. The molecule has 5 heteroatoms. The SMILES string of the molecule is C=C(Nc1ccc(C)c(-c2cc(CC3CCCCC3)nc(N3CCC3)c2)c1)c1ccnc(C(C)(C)O)c1. The summed E-state index contributed by atoms with van der Waals surface area (Å²) in [4.78, 5) is 11.8. The van der Waals surface area contributed by atoms with Gasteiger partial charge in [-0.05, 0) is 92.6 Å². The molecule has 37 heavy (non-hydrogen) atoms. The zero-order valence-corrected chi connectivity index (χ0v) is 22.6. The van der Waals surface area contributed by atoms with Gasteiger partial charge >= 0.3 is 0 Å². The first kappa shape index (κ1) is 25.5. The summed E-state index contributed by atoms with van der Waals surface area (Å²) in [6.45, 7) is 12.1. The van der Waals surface area contributed by atoms with Crippen molar-refractivity contribution in [2.24, 2.45) is 5.92 Å². The Labute approximate surface area is 221 Å². The Morgan fingerprint density at radius 3 is 2.54 bits per heavy atom. The first-order chi connectivity index (χ1) is 17.8. The van der Waals surface area contributed by atoms with Gasteiger partial charge in [-0.2, -0.15) is 0 Å². The molecule has 3 heterocycles. The molecule has 0 amide bonds. The molecule has 1 aromatic carbocycles. The molecule has 2 fully saturated rings. The number of aromatic nitrogens is 2. The van der Waals surface area contributed by atoms with Crippen molar-refractivity contribution in [2.75, 3.05) is 23.3 Å². The van der Waals surface area contributed by atoms with Crippen molar-refractivity contribution in [1.82, 2.24) is 9.97 Å². The van der Waals surface area contributed by atoms with E-state index >= 15 is 0 Å². The fourth-order valence-corrected chi connectivity index (χ4v) is 5.44. The van der Waals surface area contributed by atoms with Crippen LogP contribution in [0.15, 0.2) is 55.2 Å². The fourth-order valence-electron chi connectivity index (χ4n) is 5.44. The normalized spacial score (nSPS) is 16.4. The van der Waals surface area contributed by atoms with Gasteiger partial charge in [0, 0.05) is 41.9 Å². The lowest BCUT2D eigenvalue weighted by molar-refractivity contribution is 0.0738. The van der Waals surface area contributed by atoms with Crippen molar-refractivity contribution in [3.05, 3.63) is 77.8 Å². The highest BCUT2D eigenvalue weighted by Gasteiger charge is 2.21. The summed E-state index contributed by atoms with van der Waals surface area (Å²) in [5, 5.41) is 13.9. The maximum atomic E-state index is 10.4. The monoisotopic (exact) mass is 496 g/mol. The number of anilines is 2. The molecule has 2 aromatic heterocycles. The van der Waals surface area contributed by atoms with E-state index in [0.29, 0.717) is 5.69 Å². The van der Waals surface area contributed by atoms with E-state index < -0.39 is 5.60 Å². The highest BCUT2D eigenvalue weighted by Crippen LogP contribution is 2.34. The van der Waals surface area contributed by atoms with Crippen LogP contribution in [0, 0.1) is 12.8 Å². The van der Waals surface area contributed by atoms with Crippen molar-refractivity contribution in [3.8, 4) is 11.1 Å². The van der Waals surface area contributed by atoms with Crippen LogP contribution in [-0.2, 0) is 12.0 Å². The molecule has 0 bridgehead atoms. The van der Waals surface area contributed by atoms with Crippen LogP contribution in [0.4, 0.5) is 11.5 Å². The van der Waals surface area contributed by atoms with Crippen LogP contribution in [0.2, 0.25) is 0 Å². The van der Waals surface area contributed by atoms with Crippen molar-refractivity contribution in [3.63, 3.8) is 0 Å². The van der Waals surface area contributed by atoms with Crippen LogP contribution < -0.4 is 10.2 Å². The fraction of sp³-hybridized carbons (Fsp3) is 0.438. The van der Waals surface area contributed by atoms with E-state index in [4.69, 9.17) is 4.98 Å². The lowest BCUT2D eigenvalue weighted by Gasteiger charge is -2.33. The second-order valence-corrected chi connectivity index (χ2v) is 11.4. The summed E-state index contributed by atoms with van der Waals surface area (Å²) in [7, 11) is 0. The van der Waals surface area contributed by atoms with E-state index in [9.17, 15) is 5.11 Å². The average Bonchev–Trinajstić information content (AvgIpc) is 2.84. The predicted octanol–water partition coefficient (Wildman–Crippen LogP) is 7.10. The van der Waals surface area contributed by atoms with E-state index in [2.05, 4.69) is 59.0 Å². The number of nitrogens with zero attached hydrogens (tertiary/aromatic N) is 3. The van der Waals surface area contributed by atoms with Crippen molar-refractivity contribution in [2.45, 2.75) is 71.3 Å². The van der Waals surface area contributed by atoms with Gasteiger partial charge in [0.25, 0.3) is 0 Å². The number of aryl methyl sites for hydroxylation is 1. The van der Waals surface area contributed by atoms with Gasteiger partial charge in [-0.25, -0.2) is 4.98 Å². The second kappa shape index (κ2) is 10.7. The number of aliphatic hydroxyl groups is 1. The molecule has 1 aliphatic heterocycles. The summed E-state index contributed by atoms with van der Waals surface area (Å²) in [6.07, 6.45) is 10.8. The van der Waals surface area contributed by atoms with E-state index in [0.717, 1.165) is 48.2 Å². The Morgan fingerprint density at radius 2 is 1.84 bits per heavy atom. The Bertz CT molecular complexity index is 1270. The minimum absolute atomic E-state index is 0.623. The maximum absolute atomic E-state index is 10.4.